The normalized spacial score (nSPS) is 27.8. The van der Waals surface area contributed by atoms with Gasteiger partial charge in [-0.15, -0.1) is 0 Å². The van der Waals surface area contributed by atoms with Gasteiger partial charge in [0.1, 0.15) is 11.6 Å². The summed E-state index contributed by atoms with van der Waals surface area (Å²) in [6.45, 7) is 2.07. The first kappa shape index (κ1) is 42.4. The molecule has 2 N–H and O–H groups in total. The number of likely N-dealkylation sites (tertiary alicyclic amines) is 2. The number of fused-ring (bicyclic) bond motifs is 2. The molecule has 2 aliphatic heterocycles. The van der Waals surface area contributed by atoms with Crippen molar-refractivity contribution in [2.75, 3.05) is 7.11 Å². The van der Waals surface area contributed by atoms with Gasteiger partial charge in [-0.2, -0.15) is 4.89 Å². The van der Waals surface area contributed by atoms with Crippen molar-refractivity contribution in [2.45, 2.75) is 145 Å². The fourth-order valence-corrected chi connectivity index (χ4v) is 12.4. The van der Waals surface area contributed by atoms with E-state index in [-0.39, 0.29) is 35.9 Å². The number of nitrogens with zero attached hydrogens (tertiary/aromatic N) is 5. The average Bonchev–Trinajstić information content (AvgIpc) is 4.18. The molecule has 0 bridgehead atoms. The largest absolute Gasteiger partial charge is 0.344 e. The number of aromatic nitrogens is 4. The van der Waals surface area contributed by atoms with Crippen LogP contribution >= 0.6 is 0 Å². The second kappa shape index (κ2) is 18.9. The molecule has 3 saturated carbocycles. The number of imidazole rings is 2. The fourth-order valence-electron chi connectivity index (χ4n) is 12.4. The Morgan fingerprint density at radius 3 is 1.88 bits per heavy atom. The first-order valence-corrected chi connectivity index (χ1v) is 24.1. The molecule has 11 nitrogen and oxygen atoms in total. The topological polar surface area (TPSA) is 129 Å². The van der Waals surface area contributed by atoms with Gasteiger partial charge in [-0.3, -0.25) is 9.59 Å². The third-order valence-electron chi connectivity index (χ3n) is 15.8. The molecule has 2 saturated heterocycles. The van der Waals surface area contributed by atoms with Crippen molar-refractivity contribution in [3.63, 3.8) is 0 Å². The van der Waals surface area contributed by atoms with Crippen LogP contribution in [0.3, 0.4) is 0 Å². The summed E-state index contributed by atoms with van der Waals surface area (Å²) in [6, 6.07) is 28.6. The maximum absolute atomic E-state index is 14.6. The molecule has 4 heterocycles. The number of amides is 2. The van der Waals surface area contributed by atoms with Gasteiger partial charge in [0.05, 0.1) is 37.0 Å². The Morgan fingerprint density at radius 2 is 1.23 bits per heavy atom. The number of hydrogen-bond donors (Lipinski definition) is 2. The zero-order valence-corrected chi connectivity index (χ0v) is 37.4. The minimum Gasteiger partial charge on any atom is -0.344 e. The van der Waals surface area contributed by atoms with Gasteiger partial charge in [-0.25, -0.2) is 15.0 Å². The summed E-state index contributed by atoms with van der Waals surface area (Å²) in [7, 11) is 1.42. The number of benzene rings is 3. The Hall–Kier alpha value is -5.55. The standard InChI is InChI=1S/C53H63N7O4/c1-34(35-13-5-3-6-14-35)52(61)59-45-19-11-9-17-41(45)29-47(59)50-54-31-43(57-50)38-25-21-36(22-26-38)37-23-27-39(28-24-37)44-32-55-51(58-44)48-30-42-18-10-12-20-46(42)60(48)53(62)49(56-33-64-63-2)40-15-7-4-8-16-40/h3-8,13-16,23-24,27-28,31-34,36,38,41-42,45-49H,9-12,17-22,25-26,29-30H2,1-2H3,(H,54,57)(H,55,58)/b56-33-/t34-,36-,38-,41+,42+,45+,46+,47+,48+,49-/m1/s1. The van der Waals surface area contributed by atoms with Crippen molar-refractivity contribution in [3.05, 3.63) is 131 Å². The minimum atomic E-state index is -0.743. The quantitative estimate of drug-likeness (QED) is 0.0556. The third-order valence-corrected chi connectivity index (χ3v) is 15.8. The van der Waals surface area contributed by atoms with Gasteiger partial charge >= 0.3 is 0 Å². The number of aliphatic imine (C=N–C) groups is 1. The first-order valence-electron chi connectivity index (χ1n) is 24.1. The van der Waals surface area contributed by atoms with Crippen LogP contribution in [0.5, 0.6) is 0 Å². The molecular weight excluding hydrogens is 799 g/mol. The first-order chi connectivity index (χ1) is 31.4. The summed E-state index contributed by atoms with van der Waals surface area (Å²) in [5.74, 6) is 3.76. The lowest BCUT2D eigenvalue weighted by atomic mass is 9.77. The Balaban J connectivity index is 0.798. The van der Waals surface area contributed by atoms with Crippen LogP contribution in [0.1, 0.15) is 167 Å². The molecule has 0 unspecified atom stereocenters. The maximum atomic E-state index is 14.6. The van der Waals surface area contributed by atoms with E-state index >= 15 is 0 Å². The van der Waals surface area contributed by atoms with E-state index in [2.05, 4.69) is 74.3 Å². The van der Waals surface area contributed by atoms with Crippen molar-refractivity contribution in [2.24, 2.45) is 16.8 Å². The van der Waals surface area contributed by atoms with Crippen LogP contribution in [0.15, 0.2) is 102 Å². The molecule has 334 valence electrons. The Kier molecular flexibility index (Phi) is 12.5. The van der Waals surface area contributed by atoms with Crippen LogP contribution in [0.2, 0.25) is 0 Å². The van der Waals surface area contributed by atoms with Crippen molar-refractivity contribution >= 4 is 18.2 Å². The van der Waals surface area contributed by atoms with Crippen LogP contribution in [-0.4, -0.2) is 67.1 Å². The van der Waals surface area contributed by atoms with Gasteiger partial charge < -0.3 is 24.7 Å². The molecule has 8 atom stereocenters. The molecule has 10 rings (SSSR count). The smallest absolute Gasteiger partial charge is 0.252 e. The van der Waals surface area contributed by atoms with E-state index in [0.717, 1.165) is 98.2 Å². The highest BCUT2D eigenvalue weighted by molar-refractivity contribution is 5.86. The lowest BCUT2D eigenvalue weighted by molar-refractivity contribution is -0.188. The number of rotatable bonds is 12. The summed E-state index contributed by atoms with van der Waals surface area (Å²) in [5, 5.41) is 0. The molecule has 5 aromatic rings. The molecule has 11 heteroatoms. The van der Waals surface area contributed by atoms with E-state index in [9.17, 15) is 9.59 Å². The van der Waals surface area contributed by atoms with Crippen LogP contribution in [0.25, 0.3) is 11.3 Å². The predicted octanol–water partition coefficient (Wildman–Crippen LogP) is 11.1. The zero-order chi connectivity index (χ0) is 43.6. The summed E-state index contributed by atoms with van der Waals surface area (Å²) in [6.07, 6.45) is 20.7. The van der Waals surface area contributed by atoms with Crippen molar-refractivity contribution < 1.29 is 19.4 Å². The number of H-pyrrole nitrogens is 2. The van der Waals surface area contributed by atoms with E-state index in [0.29, 0.717) is 29.7 Å². The Bertz CT molecular complexity index is 2370. The van der Waals surface area contributed by atoms with E-state index in [1.54, 1.807) is 0 Å². The molecule has 5 aliphatic rings. The monoisotopic (exact) mass is 861 g/mol. The van der Waals surface area contributed by atoms with Crippen molar-refractivity contribution in [1.82, 2.24) is 29.7 Å². The lowest BCUT2D eigenvalue weighted by Gasteiger charge is -2.35. The molecule has 2 aromatic heterocycles. The Labute approximate surface area is 377 Å². The van der Waals surface area contributed by atoms with E-state index < -0.39 is 6.04 Å². The van der Waals surface area contributed by atoms with Crippen molar-refractivity contribution in [3.8, 4) is 11.3 Å². The highest BCUT2D eigenvalue weighted by atomic mass is 17.2. The molecule has 3 aromatic carbocycles. The highest BCUT2D eigenvalue weighted by Gasteiger charge is 2.49. The fraction of sp³-hybridized carbons (Fsp3) is 0.491. The van der Waals surface area contributed by atoms with Crippen molar-refractivity contribution in [1.29, 1.82) is 0 Å². The SMILES string of the molecule is COO/C=N\[C@@H](C(=O)N1[C@H](c2ncc(-c3ccc([C@H]4CC[C@H](c5cnc([C@@H]6C[C@@H]7CCCC[C@@H]7N6C(=O)[C@H](C)c6ccccc6)[nH]5)CC4)cc3)[nH]2)C[C@@H]2CCCC[C@@H]21)c1ccccc1. The van der Waals surface area contributed by atoms with Crippen LogP contribution in [0.4, 0.5) is 0 Å². The molecular formula is C53H63N7O4. The Morgan fingerprint density at radius 1 is 0.672 bits per heavy atom. The molecule has 64 heavy (non-hydrogen) atoms. The highest BCUT2D eigenvalue weighted by Crippen LogP contribution is 2.49. The van der Waals surface area contributed by atoms with Crippen LogP contribution in [0, 0.1) is 11.8 Å². The molecule has 2 amide bonds. The summed E-state index contributed by atoms with van der Waals surface area (Å²) < 4.78 is 0. The van der Waals surface area contributed by atoms with Gasteiger partial charge in [-0.05, 0) is 111 Å². The lowest BCUT2D eigenvalue weighted by Crippen LogP contribution is -2.42. The zero-order valence-electron chi connectivity index (χ0n) is 37.4. The van der Waals surface area contributed by atoms with Crippen LogP contribution in [-0.2, 0) is 19.4 Å². The van der Waals surface area contributed by atoms with Gasteiger partial charge in [0.15, 0.2) is 6.04 Å². The third kappa shape index (κ3) is 8.43. The summed E-state index contributed by atoms with van der Waals surface area (Å²) in [5.41, 5.74) is 6.56. The second-order valence-corrected chi connectivity index (χ2v) is 19.3. The molecule has 5 fully saturated rings. The maximum Gasteiger partial charge on any atom is 0.252 e. The number of carbonyl (C=O) groups excluding carboxylic acids is 2. The van der Waals surface area contributed by atoms with Crippen LogP contribution < -0.4 is 0 Å². The molecule has 0 radical (unpaired) electrons. The average molecular weight is 862 g/mol. The van der Waals surface area contributed by atoms with E-state index in [1.165, 1.54) is 50.5 Å². The van der Waals surface area contributed by atoms with E-state index in [4.69, 9.17) is 19.7 Å². The minimum absolute atomic E-state index is 0.0126. The summed E-state index contributed by atoms with van der Waals surface area (Å²) in [4.78, 5) is 64.9. The number of carbonyl (C=O) groups is 2. The number of nitrogens with one attached hydrogen (secondary N) is 2. The number of hydrogen-bond acceptors (Lipinski definition) is 7. The summed E-state index contributed by atoms with van der Waals surface area (Å²) >= 11 is 0. The van der Waals surface area contributed by atoms with Gasteiger partial charge in [-0.1, -0.05) is 111 Å². The van der Waals surface area contributed by atoms with Gasteiger partial charge in [0.25, 0.3) is 5.91 Å². The number of aromatic amines is 2. The van der Waals surface area contributed by atoms with Gasteiger partial charge in [0.2, 0.25) is 12.3 Å². The second-order valence-electron chi connectivity index (χ2n) is 19.3. The molecule has 3 aliphatic carbocycles. The predicted molar refractivity (Wildman–Crippen MR) is 247 cm³/mol. The van der Waals surface area contributed by atoms with E-state index in [1.807, 2.05) is 54.7 Å². The molecule has 0 spiro atoms. The van der Waals surface area contributed by atoms with Gasteiger partial charge in [0, 0.05) is 29.9 Å².